The number of benzene rings is 1. The molecule has 0 aromatic heterocycles. The van der Waals surface area contributed by atoms with Gasteiger partial charge in [0.05, 0.1) is 5.56 Å². The van der Waals surface area contributed by atoms with E-state index < -0.39 is 17.6 Å². The molecule has 6 heteroatoms. The van der Waals surface area contributed by atoms with Crippen molar-refractivity contribution >= 4 is 21.8 Å². The zero-order valence-electron chi connectivity index (χ0n) is 8.14. The highest BCUT2D eigenvalue weighted by atomic mass is 79.9. The molecule has 0 aliphatic rings. The van der Waals surface area contributed by atoms with Gasteiger partial charge in [0.15, 0.2) is 0 Å². The van der Waals surface area contributed by atoms with Crippen LogP contribution in [0.2, 0.25) is 0 Å². The smallest absolute Gasteiger partial charge is 0.351 e. The second-order valence-corrected chi connectivity index (χ2v) is 3.82. The lowest BCUT2D eigenvalue weighted by Gasteiger charge is -2.08. The SMILES string of the molecule is O=C(NCCBr)c1cccc(C(F)(F)F)c1. The van der Waals surface area contributed by atoms with Gasteiger partial charge in [-0.05, 0) is 18.2 Å². The van der Waals surface area contributed by atoms with Crippen LogP contribution in [0.4, 0.5) is 13.2 Å². The lowest BCUT2D eigenvalue weighted by Crippen LogP contribution is -2.25. The van der Waals surface area contributed by atoms with Gasteiger partial charge in [0.1, 0.15) is 0 Å². The fourth-order valence-electron chi connectivity index (χ4n) is 1.10. The lowest BCUT2D eigenvalue weighted by atomic mass is 10.1. The molecule has 0 spiro atoms. The van der Waals surface area contributed by atoms with E-state index >= 15 is 0 Å². The van der Waals surface area contributed by atoms with Crippen molar-refractivity contribution in [3.8, 4) is 0 Å². The van der Waals surface area contributed by atoms with Gasteiger partial charge in [-0.15, -0.1) is 0 Å². The number of hydrogen-bond acceptors (Lipinski definition) is 1. The van der Waals surface area contributed by atoms with E-state index in [9.17, 15) is 18.0 Å². The molecule has 0 saturated carbocycles. The van der Waals surface area contributed by atoms with Gasteiger partial charge in [-0.25, -0.2) is 0 Å². The van der Waals surface area contributed by atoms with Gasteiger partial charge < -0.3 is 5.32 Å². The van der Waals surface area contributed by atoms with Gasteiger partial charge in [0, 0.05) is 17.4 Å². The molecule has 1 rings (SSSR count). The second kappa shape index (κ2) is 5.34. The highest BCUT2D eigenvalue weighted by Gasteiger charge is 2.30. The summed E-state index contributed by atoms with van der Waals surface area (Å²) >= 11 is 3.10. The first-order valence-electron chi connectivity index (χ1n) is 4.46. The Kier molecular flexibility index (Phi) is 4.35. The zero-order valence-corrected chi connectivity index (χ0v) is 9.73. The molecule has 0 aliphatic heterocycles. The fraction of sp³-hybridized carbons (Fsp3) is 0.300. The minimum Gasteiger partial charge on any atom is -0.351 e. The van der Waals surface area contributed by atoms with Crippen LogP contribution >= 0.6 is 15.9 Å². The molecule has 0 fully saturated rings. The summed E-state index contributed by atoms with van der Waals surface area (Å²) < 4.78 is 37.0. The summed E-state index contributed by atoms with van der Waals surface area (Å²) in [5.41, 5.74) is -0.810. The summed E-state index contributed by atoms with van der Waals surface area (Å²) in [6, 6.07) is 4.33. The van der Waals surface area contributed by atoms with Crippen LogP contribution in [-0.4, -0.2) is 17.8 Å². The van der Waals surface area contributed by atoms with Crippen molar-refractivity contribution in [1.29, 1.82) is 0 Å². The van der Waals surface area contributed by atoms with Crippen molar-refractivity contribution in [1.82, 2.24) is 5.32 Å². The number of halogens is 4. The topological polar surface area (TPSA) is 29.1 Å². The van der Waals surface area contributed by atoms with E-state index in [1.165, 1.54) is 12.1 Å². The second-order valence-electron chi connectivity index (χ2n) is 3.02. The Bertz CT molecular complexity index is 379. The molecule has 0 bridgehead atoms. The fourth-order valence-corrected chi connectivity index (χ4v) is 1.30. The highest BCUT2D eigenvalue weighted by molar-refractivity contribution is 9.09. The van der Waals surface area contributed by atoms with Crippen LogP contribution in [0.15, 0.2) is 24.3 Å². The van der Waals surface area contributed by atoms with E-state index in [0.29, 0.717) is 11.9 Å². The molecule has 88 valence electrons. The Morgan fingerprint density at radius 1 is 1.38 bits per heavy atom. The Hall–Kier alpha value is -1.04. The average molecular weight is 296 g/mol. The third-order valence-corrected chi connectivity index (χ3v) is 2.23. The van der Waals surface area contributed by atoms with E-state index in [2.05, 4.69) is 21.2 Å². The normalized spacial score (nSPS) is 11.2. The quantitative estimate of drug-likeness (QED) is 0.854. The van der Waals surface area contributed by atoms with E-state index in [4.69, 9.17) is 0 Å². The molecular formula is C10H9BrF3NO. The first-order chi connectivity index (χ1) is 7.45. The summed E-state index contributed by atoms with van der Waals surface area (Å²) in [6.07, 6.45) is -4.42. The third-order valence-electron chi connectivity index (χ3n) is 1.83. The number of hydrogen-bond donors (Lipinski definition) is 1. The van der Waals surface area contributed by atoms with Crippen molar-refractivity contribution in [2.24, 2.45) is 0 Å². The molecule has 0 radical (unpaired) electrons. The van der Waals surface area contributed by atoms with Crippen LogP contribution in [0, 0.1) is 0 Å². The molecule has 2 nitrogen and oxygen atoms in total. The van der Waals surface area contributed by atoms with Crippen molar-refractivity contribution < 1.29 is 18.0 Å². The maximum atomic E-state index is 12.3. The van der Waals surface area contributed by atoms with Crippen molar-refractivity contribution in [2.75, 3.05) is 11.9 Å². The molecule has 0 atom stereocenters. The minimum atomic E-state index is -4.42. The van der Waals surface area contributed by atoms with Gasteiger partial charge in [-0.3, -0.25) is 4.79 Å². The van der Waals surface area contributed by atoms with Gasteiger partial charge >= 0.3 is 6.18 Å². The molecule has 1 amide bonds. The maximum absolute atomic E-state index is 12.3. The lowest BCUT2D eigenvalue weighted by molar-refractivity contribution is -0.137. The molecule has 1 aromatic rings. The predicted octanol–water partition coefficient (Wildman–Crippen LogP) is 2.83. The number of rotatable bonds is 3. The van der Waals surface area contributed by atoms with Crippen LogP contribution in [0.25, 0.3) is 0 Å². The van der Waals surface area contributed by atoms with Crippen molar-refractivity contribution in [2.45, 2.75) is 6.18 Å². The Labute approximate surface area is 99.0 Å². The van der Waals surface area contributed by atoms with Crippen molar-refractivity contribution in [3.63, 3.8) is 0 Å². The zero-order chi connectivity index (χ0) is 12.2. The average Bonchev–Trinajstić information content (AvgIpc) is 2.25. The Morgan fingerprint density at radius 2 is 2.06 bits per heavy atom. The summed E-state index contributed by atoms with van der Waals surface area (Å²) in [7, 11) is 0. The number of amides is 1. The number of alkyl halides is 4. The molecule has 0 saturated heterocycles. The number of carbonyl (C=O) groups excluding carboxylic acids is 1. The molecule has 16 heavy (non-hydrogen) atoms. The van der Waals surface area contributed by atoms with Crippen LogP contribution in [0.3, 0.4) is 0 Å². The number of carbonyl (C=O) groups is 1. The molecular weight excluding hydrogens is 287 g/mol. The van der Waals surface area contributed by atoms with E-state index in [1.807, 2.05) is 0 Å². The van der Waals surface area contributed by atoms with Gasteiger partial charge in [0.25, 0.3) is 5.91 Å². The van der Waals surface area contributed by atoms with Crippen LogP contribution in [0.1, 0.15) is 15.9 Å². The standard InChI is InChI=1S/C10H9BrF3NO/c11-4-5-15-9(16)7-2-1-3-8(6-7)10(12,13)14/h1-3,6H,4-5H2,(H,15,16). The summed E-state index contributed by atoms with van der Waals surface area (Å²) in [6.45, 7) is 0.370. The molecule has 1 aromatic carbocycles. The minimum absolute atomic E-state index is 0.00998. The largest absolute Gasteiger partial charge is 0.416 e. The Balaban J connectivity index is 2.86. The van der Waals surface area contributed by atoms with Gasteiger partial charge in [-0.1, -0.05) is 22.0 Å². The molecule has 0 unspecified atom stereocenters. The van der Waals surface area contributed by atoms with Gasteiger partial charge in [0.2, 0.25) is 0 Å². The molecule has 1 N–H and O–H groups in total. The van der Waals surface area contributed by atoms with E-state index in [-0.39, 0.29) is 5.56 Å². The summed E-state index contributed by atoms with van der Waals surface area (Å²) in [5.74, 6) is -0.509. The molecule has 0 aliphatic carbocycles. The summed E-state index contributed by atoms with van der Waals surface area (Å²) in [5, 5.41) is 3.03. The predicted molar refractivity (Wildman–Crippen MR) is 57.6 cm³/mol. The highest BCUT2D eigenvalue weighted by Crippen LogP contribution is 2.29. The van der Waals surface area contributed by atoms with Crippen LogP contribution in [-0.2, 0) is 6.18 Å². The third kappa shape index (κ3) is 3.52. The van der Waals surface area contributed by atoms with Crippen LogP contribution < -0.4 is 5.32 Å². The monoisotopic (exact) mass is 295 g/mol. The van der Waals surface area contributed by atoms with Crippen LogP contribution in [0.5, 0.6) is 0 Å². The van der Waals surface area contributed by atoms with E-state index in [0.717, 1.165) is 12.1 Å². The van der Waals surface area contributed by atoms with E-state index in [1.54, 1.807) is 0 Å². The van der Waals surface area contributed by atoms with Crippen molar-refractivity contribution in [3.05, 3.63) is 35.4 Å². The first-order valence-corrected chi connectivity index (χ1v) is 5.58. The summed E-state index contributed by atoms with van der Waals surface area (Å²) in [4.78, 5) is 11.4. The molecule has 0 heterocycles. The first kappa shape index (κ1) is 13.0. The Morgan fingerprint density at radius 3 is 2.62 bits per heavy atom. The maximum Gasteiger partial charge on any atom is 0.416 e. The van der Waals surface area contributed by atoms with Gasteiger partial charge in [-0.2, -0.15) is 13.2 Å². The number of nitrogens with one attached hydrogen (secondary N) is 1.